The number of fused-ring (bicyclic) bond motifs is 2. The summed E-state index contributed by atoms with van der Waals surface area (Å²) in [6, 6.07) is 54.0. The third kappa shape index (κ3) is 3.93. The van der Waals surface area contributed by atoms with Gasteiger partial charge in [-0.25, -0.2) is 0 Å². The van der Waals surface area contributed by atoms with E-state index in [9.17, 15) is 0 Å². The van der Waals surface area contributed by atoms with Gasteiger partial charge in [0.15, 0.2) is 0 Å². The lowest BCUT2D eigenvalue weighted by Gasteiger charge is -2.27. The highest BCUT2D eigenvalue weighted by Crippen LogP contribution is 2.40. The zero-order valence-electron chi connectivity index (χ0n) is 20.9. The Labute approximate surface area is 222 Å². The van der Waals surface area contributed by atoms with Gasteiger partial charge in [-0.1, -0.05) is 97.1 Å². The second-order valence-electron chi connectivity index (χ2n) is 9.51. The van der Waals surface area contributed by atoms with Gasteiger partial charge in [0.05, 0.1) is 11.2 Å². The van der Waals surface area contributed by atoms with Crippen LogP contribution in [0, 0.1) is 0 Å². The zero-order valence-corrected chi connectivity index (χ0v) is 20.9. The second kappa shape index (κ2) is 9.42. The van der Waals surface area contributed by atoms with Crippen molar-refractivity contribution < 1.29 is 0 Å². The summed E-state index contributed by atoms with van der Waals surface area (Å²) < 4.78 is 2.25. The Morgan fingerprint density at radius 3 is 1.92 bits per heavy atom. The molecule has 6 aromatic carbocycles. The minimum Gasteiger partial charge on any atom is -0.317 e. The molecule has 0 fully saturated rings. The Kier molecular flexibility index (Phi) is 5.49. The summed E-state index contributed by atoms with van der Waals surface area (Å²) in [6.45, 7) is 0. The van der Waals surface area contributed by atoms with Crippen LogP contribution in [0.4, 0.5) is 17.1 Å². The molecule has 0 aliphatic heterocycles. The highest BCUT2D eigenvalue weighted by atomic mass is 15.1. The van der Waals surface area contributed by atoms with Crippen molar-refractivity contribution >= 4 is 38.7 Å². The number of benzene rings is 6. The summed E-state index contributed by atoms with van der Waals surface area (Å²) in [7, 11) is 0. The van der Waals surface area contributed by atoms with E-state index in [0.717, 1.165) is 22.7 Å². The van der Waals surface area contributed by atoms with E-state index < -0.39 is 0 Å². The first-order valence-corrected chi connectivity index (χ1v) is 13.0. The largest absolute Gasteiger partial charge is 0.317 e. The summed E-state index contributed by atoms with van der Waals surface area (Å²) in [6.07, 6.45) is 2.15. The van der Waals surface area contributed by atoms with Gasteiger partial charge in [0, 0.05) is 34.0 Å². The van der Waals surface area contributed by atoms with Crippen LogP contribution in [0.25, 0.3) is 38.5 Å². The molecule has 0 saturated heterocycles. The average Bonchev–Trinajstić information content (AvgIpc) is 3.42. The van der Waals surface area contributed by atoms with Gasteiger partial charge in [-0.15, -0.1) is 0 Å². The molecule has 0 unspecified atom stereocenters. The molecule has 2 heteroatoms. The molecule has 0 spiro atoms. The standard InChI is InChI=1S/C36H26N2/c1-3-10-27(11-4-1)28-18-20-32(21-19-28)38(36-17-9-13-29-12-7-8-16-34(29)36)33-22-23-35-30(26-33)24-25-37(35)31-14-5-2-6-15-31/h1-26H. The van der Waals surface area contributed by atoms with E-state index in [4.69, 9.17) is 0 Å². The molecule has 0 aliphatic carbocycles. The first-order valence-electron chi connectivity index (χ1n) is 13.0. The van der Waals surface area contributed by atoms with Gasteiger partial charge < -0.3 is 9.47 Å². The van der Waals surface area contributed by atoms with E-state index in [1.54, 1.807) is 0 Å². The molecule has 0 N–H and O–H groups in total. The summed E-state index contributed by atoms with van der Waals surface area (Å²) >= 11 is 0. The third-order valence-electron chi connectivity index (χ3n) is 7.21. The highest BCUT2D eigenvalue weighted by molar-refractivity contribution is 6.00. The fraction of sp³-hybridized carbons (Fsp3) is 0. The Hall–Kier alpha value is -5.08. The molecule has 7 aromatic rings. The van der Waals surface area contributed by atoms with Crippen molar-refractivity contribution in [3.05, 3.63) is 158 Å². The summed E-state index contributed by atoms with van der Waals surface area (Å²) in [5.74, 6) is 0. The topological polar surface area (TPSA) is 8.17 Å². The predicted octanol–water partition coefficient (Wildman–Crippen LogP) is 9.92. The Morgan fingerprint density at radius 1 is 0.447 bits per heavy atom. The molecule has 1 aromatic heterocycles. The zero-order chi connectivity index (χ0) is 25.3. The number of aromatic nitrogens is 1. The minimum absolute atomic E-state index is 1.13. The number of hydrogen-bond acceptors (Lipinski definition) is 1. The number of hydrogen-bond donors (Lipinski definition) is 0. The molecule has 180 valence electrons. The molecular weight excluding hydrogens is 460 g/mol. The lowest BCUT2D eigenvalue weighted by Crippen LogP contribution is -2.10. The Morgan fingerprint density at radius 2 is 1.11 bits per heavy atom. The van der Waals surface area contributed by atoms with Crippen LogP contribution in [0.2, 0.25) is 0 Å². The van der Waals surface area contributed by atoms with Crippen molar-refractivity contribution in [1.82, 2.24) is 4.57 Å². The normalized spacial score (nSPS) is 11.2. The predicted molar refractivity (Wildman–Crippen MR) is 161 cm³/mol. The number of rotatable bonds is 5. The van der Waals surface area contributed by atoms with Crippen molar-refractivity contribution in [1.29, 1.82) is 0 Å². The van der Waals surface area contributed by atoms with E-state index in [1.165, 1.54) is 32.8 Å². The van der Waals surface area contributed by atoms with Crippen LogP contribution >= 0.6 is 0 Å². The second-order valence-corrected chi connectivity index (χ2v) is 9.51. The van der Waals surface area contributed by atoms with E-state index in [1.807, 2.05) is 0 Å². The summed E-state index contributed by atoms with van der Waals surface area (Å²) in [5.41, 5.74) is 8.21. The van der Waals surface area contributed by atoms with Crippen LogP contribution in [-0.4, -0.2) is 4.57 Å². The first kappa shape index (κ1) is 22.1. The van der Waals surface area contributed by atoms with Crippen molar-refractivity contribution in [2.75, 3.05) is 4.90 Å². The first-order chi connectivity index (χ1) is 18.8. The van der Waals surface area contributed by atoms with E-state index in [0.29, 0.717) is 0 Å². The lowest BCUT2D eigenvalue weighted by molar-refractivity contribution is 1.13. The van der Waals surface area contributed by atoms with Crippen LogP contribution in [0.3, 0.4) is 0 Å². The molecule has 0 atom stereocenters. The molecule has 0 bridgehead atoms. The molecule has 2 nitrogen and oxygen atoms in total. The van der Waals surface area contributed by atoms with Gasteiger partial charge in [-0.05, 0) is 71.1 Å². The molecule has 7 rings (SSSR count). The van der Waals surface area contributed by atoms with Gasteiger partial charge in [-0.3, -0.25) is 0 Å². The van der Waals surface area contributed by atoms with Crippen molar-refractivity contribution in [3.63, 3.8) is 0 Å². The molecule has 38 heavy (non-hydrogen) atoms. The number of nitrogens with zero attached hydrogens (tertiary/aromatic N) is 2. The van der Waals surface area contributed by atoms with Crippen LogP contribution < -0.4 is 4.90 Å². The Balaban J connectivity index is 1.39. The van der Waals surface area contributed by atoms with Gasteiger partial charge in [0.1, 0.15) is 0 Å². The van der Waals surface area contributed by atoms with E-state index >= 15 is 0 Å². The van der Waals surface area contributed by atoms with Crippen molar-refractivity contribution in [2.45, 2.75) is 0 Å². The summed E-state index contributed by atoms with van der Waals surface area (Å²) in [5, 5.41) is 3.66. The van der Waals surface area contributed by atoms with Crippen LogP contribution in [-0.2, 0) is 0 Å². The van der Waals surface area contributed by atoms with Gasteiger partial charge in [-0.2, -0.15) is 0 Å². The van der Waals surface area contributed by atoms with Crippen LogP contribution in [0.15, 0.2) is 158 Å². The third-order valence-corrected chi connectivity index (χ3v) is 7.21. The molecule has 0 aliphatic rings. The molecule has 0 saturated carbocycles. The van der Waals surface area contributed by atoms with Crippen LogP contribution in [0.5, 0.6) is 0 Å². The van der Waals surface area contributed by atoms with Gasteiger partial charge in [0.2, 0.25) is 0 Å². The maximum Gasteiger partial charge on any atom is 0.0540 e. The fourth-order valence-electron chi connectivity index (χ4n) is 5.35. The minimum atomic E-state index is 1.13. The monoisotopic (exact) mass is 486 g/mol. The van der Waals surface area contributed by atoms with E-state index in [2.05, 4.69) is 167 Å². The molecule has 0 radical (unpaired) electrons. The Bertz CT molecular complexity index is 1840. The summed E-state index contributed by atoms with van der Waals surface area (Å²) in [4.78, 5) is 2.37. The molecular formula is C36H26N2. The molecule has 0 amide bonds. The maximum absolute atomic E-state index is 2.37. The fourth-order valence-corrected chi connectivity index (χ4v) is 5.35. The quantitative estimate of drug-likeness (QED) is 0.235. The van der Waals surface area contributed by atoms with Gasteiger partial charge >= 0.3 is 0 Å². The number of para-hydroxylation sites is 1. The van der Waals surface area contributed by atoms with E-state index in [-0.39, 0.29) is 0 Å². The average molecular weight is 487 g/mol. The number of anilines is 3. The van der Waals surface area contributed by atoms with Crippen molar-refractivity contribution in [2.24, 2.45) is 0 Å². The smallest absolute Gasteiger partial charge is 0.0540 e. The SMILES string of the molecule is c1ccc(-c2ccc(N(c3ccc4c(ccn4-c4ccccc4)c3)c3cccc4ccccc34)cc2)cc1. The maximum atomic E-state index is 2.37. The molecule has 1 heterocycles. The van der Waals surface area contributed by atoms with Crippen LogP contribution in [0.1, 0.15) is 0 Å². The lowest BCUT2D eigenvalue weighted by atomic mass is 10.0. The highest BCUT2D eigenvalue weighted by Gasteiger charge is 2.16. The van der Waals surface area contributed by atoms with Crippen molar-refractivity contribution in [3.8, 4) is 16.8 Å². The van der Waals surface area contributed by atoms with Gasteiger partial charge in [0.25, 0.3) is 0 Å².